The summed E-state index contributed by atoms with van der Waals surface area (Å²) < 4.78 is 11.2. The van der Waals surface area contributed by atoms with Gasteiger partial charge in [0.15, 0.2) is 0 Å². The van der Waals surface area contributed by atoms with Crippen LogP contribution in [-0.4, -0.2) is 48.8 Å². The third-order valence-corrected chi connectivity index (χ3v) is 6.88. The first-order valence-corrected chi connectivity index (χ1v) is 12.2. The minimum absolute atomic E-state index is 0.0361. The summed E-state index contributed by atoms with van der Waals surface area (Å²) in [6, 6.07) is 14.3. The lowest BCUT2D eigenvalue weighted by Crippen LogP contribution is -2.38. The van der Waals surface area contributed by atoms with Crippen LogP contribution in [0.15, 0.2) is 52.4 Å². The Bertz CT molecular complexity index is 987. The van der Waals surface area contributed by atoms with Gasteiger partial charge in [-0.2, -0.15) is 0 Å². The van der Waals surface area contributed by atoms with Crippen molar-refractivity contribution in [2.75, 3.05) is 31.7 Å². The van der Waals surface area contributed by atoms with Gasteiger partial charge in [0.1, 0.15) is 5.69 Å². The summed E-state index contributed by atoms with van der Waals surface area (Å²) in [6.07, 6.45) is 4.27. The minimum Gasteiger partial charge on any atom is -0.385 e. The number of rotatable bonds is 9. The van der Waals surface area contributed by atoms with Gasteiger partial charge in [-0.15, -0.1) is 11.3 Å². The monoisotopic (exact) mass is 453 g/mol. The zero-order valence-electron chi connectivity index (χ0n) is 18.8. The molecular formula is C25H31N3O3S. The first-order valence-electron chi connectivity index (χ1n) is 11.3. The fourth-order valence-corrected chi connectivity index (χ4v) is 4.98. The molecule has 1 atom stereocenters. The van der Waals surface area contributed by atoms with Crippen LogP contribution < -0.4 is 4.90 Å². The topological polar surface area (TPSA) is 58.8 Å². The normalized spacial score (nSPS) is 16.3. The Morgan fingerprint density at radius 2 is 2.09 bits per heavy atom. The van der Waals surface area contributed by atoms with Gasteiger partial charge in [-0.25, -0.2) is 0 Å². The molecule has 1 amide bonds. The van der Waals surface area contributed by atoms with E-state index in [1.165, 1.54) is 17.8 Å². The zero-order valence-corrected chi connectivity index (χ0v) is 19.6. The van der Waals surface area contributed by atoms with E-state index in [1.54, 1.807) is 7.11 Å². The molecule has 3 aromatic rings. The summed E-state index contributed by atoms with van der Waals surface area (Å²) >= 11 is 1.47. The Morgan fingerprint density at radius 1 is 1.25 bits per heavy atom. The predicted octanol–water partition coefficient (Wildman–Crippen LogP) is 5.46. The number of ether oxygens (including phenoxy) is 1. The van der Waals surface area contributed by atoms with Gasteiger partial charge >= 0.3 is 0 Å². The van der Waals surface area contributed by atoms with E-state index in [2.05, 4.69) is 17.0 Å². The molecule has 32 heavy (non-hydrogen) atoms. The summed E-state index contributed by atoms with van der Waals surface area (Å²) in [5.41, 5.74) is 2.80. The highest BCUT2D eigenvalue weighted by Crippen LogP contribution is 2.35. The average molecular weight is 454 g/mol. The summed E-state index contributed by atoms with van der Waals surface area (Å²) in [6.45, 7) is 4.85. The molecule has 3 heterocycles. The second-order valence-corrected chi connectivity index (χ2v) is 9.22. The number of benzene rings is 1. The van der Waals surface area contributed by atoms with Gasteiger partial charge in [0.2, 0.25) is 5.88 Å². The maximum absolute atomic E-state index is 13.4. The third-order valence-electron chi connectivity index (χ3n) is 6.02. The Labute approximate surface area is 193 Å². The molecule has 1 saturated heterocycles. The fraction of sp³-hybridized carbons (Fsp3) is 0.440. The minimum atomic E-state index is 0.0361. The molecule has 1 aromatic carbocycles. The molecule has 0 N–H and O–H groups in total. The average Bonchev–Trinajstić information content (AvgIpc) is 3.50. The number of amides is 1. The van der Waals surface area contributed by atoms with Crippen molar-refractivity contribution in [3.05, 3.63) is 58.3 Å². The third kappa shape index (κ3) is 5.05. The number of anilines is 1. The summed E-state index contributed by atoms with van der Waals surface area (Å²) in [5.74, 6) is 0.834. The van der Waals surface area contributed by atoms with Crippen LogP contribution in [0.3, 0.4) is 0 Å². The quantitative estimate of drug-likeness (QED) is 0.403. The maximum atomic E-state index is 13.4. The standard InChI is InChI=1S/C25H31N3O3S/c1-19-10-6-7-15-28(19)25-21(23(26-31-25)20-11-4-3-5-12-20)18-27(14-9-16-30-2)24(29)22-13-8-17-32-22/h3-5,8,11-13,17,19H,6-7,9-10,14-16,18H2,1-2H3/t19-/m0/s1. The highest BCUT2D eigenvalue weighted by Gasteiger charge is 2.30. The number of hydrogen-bond donors (Lipinski definition) is 0. The second kappa shape index (κ2) is 10.8. The van der Waals surface area contributed by atoms with Gasteiger partial charge < -0.3 is 19.1 Å². The number of aromatic nitrogens is 1. The maximum Gasteiger partial charge on any atom is 0.264 e. The van der Waals surface area contributed by atoms with Gasteiger partial charge in [0.25, 0.3) is 5.91 Å². The van der Waals surface area contributed by atoms with Crippen LogP contribution in [0.5, 0.6) is 0 Å². The molecule has 0 unspecified atom stereocenters. The van der Waals surface area contributed by atoms with Crippen molar-refractivity contribution in [1.29, 1.82) is 0 Å². The van der Waals surface area contributed by atoms with E-state index < -0.39 is 0 Å². The lowest BCUT2D eigenvalue weighted by atomic mass is 10.0. The molecule has 0 bridgehead atoms. The Hall–Kier alpha value is -2.64. The molecule has 0 aliphatic carbocycles. The zero-order chi connectivity index (χ0) is 22.3. The molecular weight excluding hydrogens is 422 g/mol. The molecule has 1 aliphatic heterocycles. The van der Waals surface area contributed by atoms with Crippen molar-refractivity contribution in [1.82, 2.24) is 10.1 Å². The largest absolute Gasteiger partial charge is 0.385 e. The van der Waals surface area contributed by atoms with E-state index in [9.17, 15) is 4.79 Å². The number of carbonyl (C=O) groups excluding carboxylic acids is 1. The molecule has 1 aliphatic rings. The van der Waals surface area contributed by atoms with Crippen molar-refractivity contribution >= 4 is 23.1 Å². The number of piperidine rings is 1. The number of nitrogens with zero attached hydrogens (tertiary/aromatic N) is 3. The summed E-state index contributed by atoms with van der Waals surface area (Å²) in [7, 11) is 1.69. The van der Waals surface area contributed by atoms with Crippen molar-refractivity contribution in [3.63, 3.8) is 0 Å². The SMILES string of the molecule is COCCCN(Cc1c(-c2ccccc2)noc1N1CCCC[C@@H]1C)C(=O)c1cccs1. The fourth-order valence-electron chi connectivity index (χ4n) is 4.29. The predicted molar refractivity (Wildman–Crippen MR) is 128 cm³/mol. The van der Waals surface area contributed by atoms with Crippen LogP contribution in [0.4, 0.5) is 5.88 Å². The first kappa shape index (κ1) is 22.6. The number of hydrogen-bond acceptors (Lipinski definition) is 6. The van der Waals surface area contributed by atoms with E-state index in [1.807, 2.05) is 52.7 Å². The van der Waals surface area contributed by atoms with Crippen molar-refractivity contribution < 1.29 is 14.1 Å². The van der Waals surface area contributed by atoms with Gasteiger partial charge in [-0.3, -0.25) is 4.79 Å². The van der Waals surface area contributed by atoms with Crippen LogP contribution in [0.2, 0.25) is 0 Å². The Morgan fingerprint density at radius 3 is 2.81 bits per heavy atom. The molecule has 4 rings (SSSR count). The first-order chi connectivity index (χ1) is 15.7. The van der Waals surface area contributed by atoms with E-state index in [-0.39, 0.29) is 5.91 Å². The summed E-state index contributed by atoms with van der Waals surface area (Å²) in [4.78, 5) is 18.3. The molecule has 2 aromatic heterocycles. The van der Waals surface area contributed by atoms with Crippen molar-refractivity contribution in [2.45, 2.75) is 45.2 Å². The number of thiophene rings is 1. The van der Waals surface area contributed by atoms with E-state index >= 15 is 0 Å². The van der Waals surface area contributed by atoms with Crippen molar-refractivity contribution in [2.24, 2.45) is 0 Å². The van der Waals surface area contributed by atoms with Crippen molar-refractivity contribution in [3.8, 4) is 11.3 Å². The highest BCUT2D eigenvalue weighted by molar-refractivity contribution is 7.12. The van der Waals surface area contributed by atoms with E-state index in [0.29, 0.717) is 25.7 Å². The molecule has 170 valence electrons. The number of methoxy groups -OCH3 is 1. The van der Waals surface area contributed by atoms with Crippen LogP contribution in [0.25, 0.3) is 11.3 Å². The lowest BCUT2D eigenvalue weighted by molar-refractivity contribution is 0.0729. The molecule has 0 radical (unpaired) electrons. The van der Waals surface area contributed by atoms with Gasteiger partial charge in [0.05, 0.1) is 17.0 Å². The molecule has 0 spiro atoms. The van der Waals surface area contributed by atoms with Gasteiger partial charge in [-0.05, 0) is 44.1 Å². The van der Waals surface area contributed by atoms with Crippen LogP contribution in [-0.2, 0) is 11.3 Å². The number of carbonyl (C=O) groups is 1. The smallest absolute Gasteiger partial charge is 0.264 e. The molecule has 0 saturated carbocycles. The second-order valence-electron chi connectivity index (χ2n) is 8.27. The Kier molecular flexibility index (Phi) is 7.60. The molecule has 7 heteroatoms. The van der Waals surface area contributed by atoms with Crippen LogP contribution in [0.1, 0.15) is 47.8 Å². The van der Waals surface area contributed by atoms with Crippen LogP contribution in [0, 0.1) is 0 Å². The van der Waals surface area contributed by atoms with Gasteiger partial charge in [-0.1, -0.05) is 41.6 Å². The molecule has 6 nitrogen and oxygen atoms in total. The lowest BCUT2D eigenvalue weighted by Gasteiger charge is -2.34. The van der Waals surface area contributed by atoms with Gasteiger partial charge in [0, 0.05) is 38.4 Å². The summed E-state index contributed by atoms with van der Waals surface area (Å²) in [5, 5.41) is 6.43. The van der Waals surface area contributed by atoms with Crippen LogP contribution >= 0.6 is 11.3 Å². The Balaban J connectivity index is 1.71. The highest BCUT2D eigenvalue weighted by atomic mass is 32.1. The van der Waals surface area contributed by atoms with E-state index in [4.69, 9.17) is 9.26 Å². The van der Waals surface area contributed by atoms with E-state index in [0.717, 1.165) is 53.4 Å². The molecule has 1 fully saturated rings.